The molecule has 6 heteroatoms. The van der Waals surface area contributed by atoms with Crippen LogP contribution < -0.4 is 0 Å². The average molecular weight is 368 g/mol. The van der Waals surface area contributed by atoms with Gasteiger partial charge in [0.1, 0.15) is 11.9 Å². The van der Waals surface area contributed by atoms with Crippen LogP contribution in [0.25, 0.3) is 28.4 Å². The zero-order chi connectivity index (χ0) is 19.7. The largest absolute Gasteiger partial charge is 0.478 e. The van der Waals surface area contributed by atoms with Gasteiger partial charge >= 0.3 is 5.97 Å². The van der Waals surface area contributed by atoms with Gasteiger partial charge in [-0.25, -0.2) is 9.78 Å². The molecule has 0 saturated carbocycles. The highest BCUT2D eigenvalue weighted by atomic mass is 16.4. The van der Waals surface area contributed by atoms with Crippen molar-refractivity contribution in [2.24, 2.45) is 0 Å². The molecule has 4 rings (SSSR count). The van der Waals surface area contributed by atoms with Crippen LogP contribution in [-0.4, -0.2) is 25.6 Å². The molecule has 2 aromatic heterocycles. The van der Waals surface area contributed by atoms with Crippen molar-refractivity contribution in [2.45, 2.75) is 6.92 Å². The van der Waals surface area contributed by atoms with Crippen LogP contribution in [-0.2, 0) is 0 Å². The van der Waals surface area contributed by atoms with Gasteiger partial charge in [0.25, 0.3) is 0 Å². The molecular weight excluding hydrogens is 352 g/mol. The van der Waals surface area contributed by atoms with Gasteiger partial charge in [-0.15, -0.1) is 0 Å². The number of hydrogen-bond donors (Lipinski definition) is 2. The maximum absolute atomic E-state index is 11.0. The SMILES string of the molecule is Cc1ccc2nc(/C(C#N)=C\c3cccn3-c3ccc(C(=O)O)cc3)[nH]c2c1. The van der Waals surface area contributed by atoms with Crippen LogP contribution >= 0.6 is 0 Å². The number of nitriles is 1. The van der Waals surface area contributed by atoms with Crippen molar-refractivity contribution in [1.82, 2.24) is 14.5 Å². The monoisotopic (exact) mass is 368 g/mol. The summed E-state index contributed by atoms with van der Waals surface area (Å²) in [5.41, 5.74) is 5.04. The maximum Gasteiger partial charge on any atom is 0.335 e. The first kappa shape index (κ1) is 17.3. The zero-order valence-corrected chi connectivity index (χ0v) is 15.0. The number of hydrogen-bond acceptors (Lipinski definition) is 3. The molecular formula is C22H16N4O2. The smallest absolute Gasteiger partial charge is 0.335 e. The van der Waals surface area contributed by atoms with Crippen LogP contribution in [0.15, 0.2) is 60.8 Å². The molecule has 0 saturated heterocycles. The first-order chi connectivity index (χ1) is 13.5. The van der Waals surface area contributed by atoms with E-state index in [1.54, 1.807) is 30.3 Å². The molecule has 0 spiro atoms. The number of fused-ring (bicyclic) bond motifs is 1. The summed E-state index contributed by atoms with van der Waals surface area (Å²) in [6, 6.07) is 18.4. The fraction of sp³-hybridized carbons (Fsp3) is 0.0455. The second-order valence-corrected chi connectivity index (χ2v) is 6.43. The Morgan fingerprint density at radius 2 is 2.00 bits per heavy atom. The van der Waals surface area contributed by atoms with Crippen LogP contribution in [0, 0.1) is 18.3 Å². The summed E-state index contributed by atoms with van der Waals surface area (Å²) in [6.07, 6.45) is 3.62. The number of allylic oxidation sites excluding steroid dienone is 1. The van der Waals surface area contributed by atoms with E-state index in [9.17, 15) is 10.1 Å². The summed E-state index contributed by atoms with van der Waals surface area (Å²) in [7, 11) is 0. The van der Waals surface area contributed by atoms with Crippen LogP contribution in [0.2, 0.25) is 0 Å². The van der Waals surface area contributed by atoms with Crippen molar-refractivity contribution in [3.8, 4) is 11.8 Å². The molecule has 28 heavy (non-hydrogen) atoms. The van der Waals surface area contributed by atoms with Crippen LogP contribution in [0.5, 0.6) is 0 Å². The Balaban J connectivity index is 1.74. The number of aromatic carboxylic acids is 1. The molecule has 0 radical (unpaired) electrons. The Morgan fingerprint density at radius 3 is 2.71 bits per heavy atom. The van der Waals surface area contributed by atoms with E-state index in [-0.39, 0.29) is 5.56 Å². The first-order valence-electron chi connectivity index (χ1n) is 8.65. The Bertz CT molecular complexity index is 1250. The van der Waals surface area contributed by atoms with E-state index in [0.29, 0.717) is 11.4 Å². The molecule has 0 aliphatic carbocycles. The summed E-state index contributed by atoms with van der Waals surface area (Å²) >= 11 is 0. The van der Waals surface area contributed by atoms with Gasteiger partial charge in [-0.3, -0.25) is 0 Å². The van der Waals surface area contributed by atoms with Crippen molar-refractivity contribution < 1.29 is 9.90 Å². The molecule has 0 atom stereocenters. The predicted molar refractivity (Wildman–Crippen MR) is 107 cm³/mol. The topological polar surface area (TPSA) is 94.7 Å². The van der Waals surface area contributed by atoms with Gasteiger partial charge < -0.3 is 14.7 Å². The maximum atomic E-state index is 11.0. The predicted octanol–water partition coefficient (Wildman–Crippen LogP) is 4.42. The summed E-state index contributed by atoms with van der Waals surface area (Å²) in [5, 5.41) is 18.7. The molecule has 0 unspecified atom stereocenters. The Hall–Kier alpha value is -4.11. The lowest BCUT2D eigenvalue weighted by atomic mass is 10.2. The highest BCUT2D eigenvalue weighted by Crippen LogP contribution is 2.22. The summed E-state index contributed by atoms with van der Waals surface area (Å²) in [5.74, 6) is -0.455. The third-order valence-corrected chi connectivity index (χ3v) is 4.48. The van der Waals surface area contributed by atoms with E-state index in [0.717, 1.165) is 28.0 Å². The molecule has 0 aliphatic rings. The lowest BCUT2D eigenvalue weighted by molar-refractivity contribution is 0.0697. The number of carboxylic acid groups (broad SMARTS) is 1. The fourth-order valence-electron chi connectivity index (χ4n) is 3.06. The molecule has 2 heterocycles. The number of H-pyrrole nitrogens is 1. The highest BCUT2D eigenvalue weighted by molar-refractivity contribution is 5.90. The number of carbonyl (C=O) groups is 1. The molecule has 2 aromatic carbocycles. The zero-order valence-electron chi connectivity index (χ0n) is 15.0. The van der Waals surface area contributed by atoms with E-state index in [1.165, 1.54) is 0 Å². The van der Waals surface area contributed by atoms with Crippen molar-refractivity contribution in [2.75, 3.05) is 0 Å². The fourth-order valence-corrected chi connectivity index (χ4v) is 3.06. The number of rotatable bonds is 4. The minimum Gasteiger partial charge on any atom is -0.478 e. The standard InChI is InChI=1S/C22H16N4O2/c1-14-4-9-19-20(11-14)25-21(24-19)16(13-23)12-18-3-2-10-26(18)17-7-5-15(6-8-17)22(27)28/h2-12H,1H3,(H,24,25)(H,27,28)/b16-12-. The molecule has 4 aromatic rings. The van der Waals surface area contributed by atoms with Crippen LogP contribution in [0.4, 0.5) is 0 Å². The van der Waals surface area contributed by atoms with Crippen molar-refractivity contribution in [3.63, 3.8) is 0 Å². The van der Waals surface area contributed by atoms with Crippen LogP contribution in [0.1, 0.15) is 27.4 Å². The van der Waals surface area contributed by atoms with Crippen molar-refractivity contribution >= 4 is 28.7 Å². The molecule has 136 valence electrons. The van der Waals surface area contributed by atoms with Crippen molar-refractivity contribution in [3.05, 3.63) is 83.4 Å². The molecule has 0 fully saturated rings. The number of aromatic amines is 1. The second kappa shape index (κ2) is 6.89. The third kappa shape index (κ3) is 3.17. The highest BCUT2D eigenvalue weighted by Gasteiger charge is 2.10. The van der Waals surface area contributed by atoms with Gasteiger partial charge in [-0.1, -0.05) is 6.07 Å². The molecule has 2 N–H and O–H groups in total. The number of benzene rings is 2. The quantitative estimate of drug-likeness (QED) is 0.521. The van der Waals surface area contributed by atoms with E-state index in [4.69, 9.17) is 5.11 Å². The van der Waals surface area contributed by atoms with Gasteiger partial charge in [-0.2, -0.15) is 5.26 Å². The second-order valence-electron chi connectivity index (χ2n) is 6.43. The number of aryl methyl sites for hydroxylation is 1. The molecule has 0 bridgehead atoms. The van der Waals surface area contributed by atoms with E-state index in [2.05, 4.69) is 16.0 Å². The molecule has 6 nitrogen and oxygen atoms in total. The van der Waals surface area contributed by atoms with E-state index in [1.807, 2.05) is 48.0 Å². The number of nitrogens with zero attached hydrogens (tertiary/aromatic N) is 3. The molecule has 0 aliphatic heterocycles. The Labute approximate surface area is 161 Å². The van der Waals surface area contributed by atoms with Gasteiger partial charge in [-0.05, 0) is 67.1 Å². The third-order valence-electron chi connectivity index (χ3n) is 4.48. The summed E-state index contributed by atoms with van der Waals surface area (Å²) in [4.78, 5) is 18.8. The lowest BCUT2D eigenvalue weighted by Crippen LogP contribution is -1.99. The van der Waals surface area contributed by atoms with Crippen LogP contribution in [0.3, 0.4) is 0 Å². The first-order valence-corrected chi connectivity index (χ1v) is 8.65. The van der Waals surface area contributed by atoms with Gasteiger partial charge in [0, 0.05) is 17.6 Å². The number of imidazole rings is 1. The number of carboxylic acids is 1. The summed E-state index contributed by atoms with van der Waals surface area (Å²) < 4.78 is 1.88. The van der Waals surface area contributed by atoms with E-state index < -0.39 is 5.97 Å². The Kier molecular flexibility index (Phi) is 4.26. The Morgan fingerprint density at radius 1 is 1.21 bits per heavy atom. The number of aromatic nitrogens is 3. The van der Waals surface area contributed by atoms with Gasteiger partial charge in [0.05, 0.1) is 22.2 Å². The average Bonchev–Trinajstić information content (AvgIpc) is 3.32. The van der Waals surface area contributed by atoms with Gasteiger partial charge in [0.2, 0.25) is 0 Å². The van der Waals surface area contributed by atoms with Gasteiger partial charge in [0.15, 0.2) is 0 Å². The number of nitrogens with one attached hydrogen (secondary N) is 1. The minimum absolute atomic E-state index is 0.225. The summed E-state index contributed by atoms with van der Waals surface area (Å²) in [6.45, 7) is 2.00. The minimum atomic E-state index is -0.967. The van der Waals surface area contributed by atoms with Crippen molar-refractivity contribution in [1.29, 1.82) is 5.26 Å². The molecule has 0 amide bonds. The normalized spacial score (nSPS) is 11.5. The lowest BCUT2D eigenvalue weighted by Gasteiger charge is -2.07. The van der Waals surface area contributed by atoms with E-state index >= 15 is 0 Å².